The molecule has 21 heavy (non-hydrogen) atoms. The van der Waals surface area contributed by atoms with Gasteiger partial charge >= 0.3 is 0 Å². The lowest BCUT2D eigenvalue weighted by Gasteiger charge is -2.10. The molecule has 5 heteroatoms. The van der Waals surface area contributed by atoms with E-state index in [1.807, 2.05) is 37.3 Å². The Labute approximate surface area is 121 Å². The number of ether oxygens (including phenoxy) is 1. The lowest BCUT2D eigenvalue weighted by atomic mass is 10.1. The summed E-state index contributed by atoms with van der Waals surface area (Å²) >= 11 is 0. The van der Waals surface area contributed by atoms with Gasteiger partial charge in [0.25, 0.3) is 5.56 Å². The lowest BCUT2D eigenvalue weighted by molar-refractivity contribution is 0.406. The van der Waals surface area contributed by atoms with Gasteiger partial charge in [-0.25, -0.2) is 4.68 Å². The molecule has 0 fully saturated rings. The van der Waals surface area contributed by atoms with E-state index in [4.69, 9.17) is 4.74 Å². The van der Waals surface area contributed by atoms with E-state index in [-0.39, 0.29) is 5.56 Å². The molecule has 0 aliphatic heterocycles. The number of methoxy groups -OCH3 is 1. The van der Waals surface area contributed by atoms with E-state index < -0.39 is 0 Å². The van der Waals surface area contributed by atoms with Crippen LogP contribution in [0, 0.1) is 6.92 Å². The van der Waals surface area contributed by atoms with Crippen molar-refractivity contribution in [2.75, 3.05) is 7.11 Å². The predicted octanol–water partition coefficient (Wildman–Crippen LogP) is 2.16. The molecule has 0 saturated heterocycles. The molecule has 1 heterocycles. The Morgan fingerprint density at radius 1 is 1.19 bits per heavy atom. The van der Waals surface area contributed by atoms with Crippen LogP contribution < -0.4 is 10.3 Å². The maximum absolute atomic E-state index is 12.4. The predicted molar refractivity (Wildman–Crippen MR) is 80.6 cm³/mol. The first-order chi connectivity index (χ1) is 10.2. The van der Waals surface area contributed by atoms with Gasteiger partial charge < -0.3 is 4.74 Å². The zero-order chi connectivity index (χ0) is 14.8. The summed E-state index contributed by atoms with van der Waals surface area (Å²) in [4.78, 5) is 12.4. The van der Waals surface area contributed by atoms with Gasteiger partial charge in [0.1, 0.15) is 11.3 Å². The fourth-order valence-electron chi connectivity index (χ4n) is 2.32. The first-order valence-corrected chi connectivity index (χ1v) is 6.65. The van der Waals surface area contributed by atoms with E-state index in [0.717, 1.165) is 16.9 Å². The number of nitrogens with zero attached hydrogens (tertiary/aromatic N) is 3. The Bertz CT molecular complexity index is 856. The second-order valence-corrected chi connectivity index (χ2v) is 4.88. The molecule has 0 saturated carbocycles. The van der Waals surface area contributed by atoms with E-state index in [0.29, 0.717) is 17.4 Å². The van der Waals surface area contributed by atoms with Gasteiger partial charge in [0.2, 0.25) is 0 Å². The second-order valence-electron chi connectivity index (χ2n) is 4.88. The van der Waals surface area contributed by atoms with Crippen LogP contribution in [0.4, 0.5) is 0 Å². The van der Waals surface area contributed by atoms with Crippen LogP contribution >= 0.6 is 0 Å². The fourth-order valence-corrected chi connectivity index (χ4v) is 2.32. The molecule has 0 spiro atoms. The zero-order valence-electron chi connectivity index (χ0n) is 11.9. The SMILES string of the molecule is COc1ccc(C)cc1Cn1nnc2ccccc2c1=O. The van der Waals surface area contributed by atoms with Crippen LogP contribution in [-0.4, -0.2) is 22.1 Å². The second kappa shape index (κ2) is 5.36. The molecule has 0 bridgehead atoms. The standard InChI is InChI=1S/C16H15N3O2/c1-11-7-8-15(21-2)12(9-11)10-19-16(20)13-5-3-4-6-14(13)17-18-19/h3-9H,10H2,1-2H3. The van der Waals surface area contributed by atoms with Crippen molar-refractivity contribution >= 4 is 10.9 Å². The van der Waals surface area contributed by atoms with Crippen molar-refractivity contribution in [3.05, 3.63) is 63.9 Å². The van der Waals surface area contributed by atoms with Crippen LogP contribution in [0.3, 0.4) is 0 Å². The number of fused-ring (bicyclic) bond motifs is 1. The largest absolute Gasteiger partial charge is 0.496 e. The van der Waals surface area contributed by atoms with Crippen LogP contribution in [0.2, 0.25) is 0 Å². The molecular weight excluding hydrogens is 266 g/mol. The van der Waals surface area contributed by atoms with Crippen molar-refractivity contribution in [2.24, 2.45) is 0 Å². The van der Waals surface area contributed by atoms with Gasteiger partial charge in [-0.3, -0.25) is 4.79 Å². The van der Waals surface area contributed by atoms with Gasteiger partial charge in [0.15, 0.2) is 0 Å². The molecule has 0 aliphatic carbocycles. The number of aryl methyl sites for hydroxylation is 1. The topological polar surface area (TPSA) is 57.0 Å². The van der Waals surface area contributed by atoms with Gasteiger partial charge in [-0.2, -0.15) is 0 Å². The maximum Gasteiger partial charge on any atom is 0.277 e. The summed E-state index contributed by atoms with van der Waals surface area (Å²) in [6.07, 6.45) is 0. The minimum absolute atomic E-state index is 0.149. The van der Waals surface area contributed by atoms with Gasteiger partial charge in [-0.15, -0.1) is 5.10 Å². The Kier molecular flexibility index (Phi) is 3.39. The molecule has 0 atom stereocenters. The van der Waals surface area contributed by atoms with Crippen molar-refractivity contribution in [1.82, 2.24) is 15.0 Å². The van der Waals surface area contributed by atoms with Gasteiger partial charge in [-0.1, -0.05) is 35.0 Å². The van der Waals surface area contributed by atoms with Crippen molar-refractivity contribution < 1.29 is 4.74 Å². The number of benzene rings is 2. The van der Waals surface area contributed by atoms with Gasteiger partial charge in [0, 0.05) is 5.56 Å². The monoisotopic (exact) mass is 281 g/mol. The molecular formula is C16H15N3O2. The summed E-state index contributed by atoms with van der Waals surface area (Å²) in [5.41, 5.74) is 2.47. The van der Waals surface area contributed by atoms with Crippen LogP contribution in [-0.2, 0) is 6.54 Å². The quantitative estimate of drug-likeness (QED) is 0.738. The Morgan fingerprint density at radius 3 is 2.81 bits per heavy atom. The van der Waals surface area contributed by atoms with Crippen LogP contribution in [0.1, 0.15) is 11.1 Å². The fraction of sp³-hybridized carbons (Fsp3) is 0.188. The minimum atomic E-state index is -0.149. The zero-order valence-corrected chi connectivity index (χ0v) is 11.9. The highest BCUT2D eigenvalue weighted by molar-refractivity contribution is 5.76. The number of hydrogen-bond acceptors (Lipinski definition) is 4. The molecule has 0 aliphatic rings. The third-order valence-corrected chi connectivity index (χ3v) is 3.39. The molecule has 2 aromatic carbocycles. The number of rotatable bonds is 3. The van der Waals surface area contributed by atoms with Crippen LogP contribution in [0.25, 0.3) is 10.9 Å². The van der Waals surface area contributed by atoms with Gasteiger partial charge in [0.05, 0.1) is 19.0 Å². The van der Waals surface area contributed by atoms with Crippen molar-refractivity contribution in [3.8, 4) is 5.75 Å². The highest BCUT2D eigenvalue weighted by atomic mass is 16.5. The summed E-state index contributed by atoms with van der Waals surface area (Å²) in [5.74, 6) is 0.738. The third-order valence-electron chi connectivity index (χ3n) is 3.39. The maximum atomic E-state index is 12.4. The molecule has 0 N–H and O–H groups in total. The van der Waals surface area contributed by atoms with E-state index in [9.17, 15) is 4.79 Å². The molecule has 3 rings (SSSR count). The van der Waals surface area contributed by atoms with Crippen molar-refractivity contribution in [2.45, 2.75) is 13.5 Å². The number of aromatic nitrogens is 3. The lowest BCUT2D eigenvalue weighted by Crippen LogP contribution is -2.25. The van der Waals surface area contributed by atoms with Crippen LogP contribution in [0.5, 0.6) is 5.75 Å². The van der Waals surface area contributed by atoms with Crippen LogP contribution in [0.15, 0.2) is 47.3 Å². The summed E-state index contributed by atoms with van der Waals surface area (Å²) in [7, 11) is 1.61. The summed E-state index contributed by atoms with van der Waals surface area (Å²) in [6, 6.07) is 13.1. The molecule has 106 valence electrons. The summed E-state index contributed by atoms with van der Waals surface area (Å²) in [5, 5.41) is 8.66. The molecule has 1 aromatic heterocycles. The molecule has 0 amide bonds. The van der Waals surface area contributed by atoms with Crippen molar-refractivity contribution in [1.29, 1.82) is 0 Å². The Balaban J connectivity index is 2.08. The normalized spacial score (nSPS) is 10.8. The van der Waals surface area contributed by atoms with E-state index >= 15 is 0 Å². The smallest absolute Gasteiger partial charge is 0.277 e. The Morgan fingerprint density at radius 2 is 2.00 bits per heavy atom. The van der Waals surface area contributed by atoms with E-state index in [1.165, 1.54) is 4.68 Å². The Hall–Kier alpha value is -2.69. The highest BCUT2D eigenvalue weighted by Crippen LogP contribution is 2.20. The highest BCUT2D eigenvalue weighted by Gasteiger charge is 2.09. The average molecular weight is 281 g/mol. The molecule has 3 aromatic rings. The number of hydrogen-bond donors (Lipinski definition) is 0. The first-order valence-electron chi connectivity index (χ1n) is 6.65. The molecule has 5 nitrogen and oxygen atoms in total. The molecule has 0 unspecified atom stereocenters. The van der Waals surface area contributed by atoms with E-state index in [1.54, 1.807) is 19.2 Å². The van der Waals surface area contributed by atoms with E-state index in [2.05, 4.69) is 10.3 Å². The molecule has 0 radical (unpaired) electrons. The summed E-state index contributed by atoms with van der Waals surface area (Å²) in [6.45, 7) is 2.33. The minimum Gasteiger partial charge on any atom is -0.496 e. The van der Waals surface area contributed by atoms with Crippen molar-refractivity contribution in [3.63, 3.8) is 0 Å². The van der Waals surface area contributed by atoms with Gasteiger partial charge in [-0.05, 0) is 25.1 Å². The summed E-state index contributed by atoms with van der Waals surface area (Å²) < 4.78 is 6.70. The third kappa shape index (κ3) is 2.50. The average Bonchev–Trinajstić information content (AvgIpc) is 2.51. The first kappa shape index (κ1) is 13.3.